The third kappa shape index (κ3) is 30.6. The molecule has 0 bridgehead atoms. The minimum absolute atomic E-state index is 0.235. The Labute approximate surface area is 734 Å². The first-order valence-electron chi connectivity index (χ1n) is 36.4. The first kappa shape index (κ1) is 112. The SMILES string of the molecule is NCCCCCO[C@@H]1OC(C(=O)O)[C@@H](O[C@H]2O[C@H](COS(=O)(=O)O)[C@@H](O[C@@H]3O[C@@H](C(=O)O)[C@@H](O[C@H]4O[C@H](COS(=O)(=O)O)[C@@H](O[C@@H]5OC(C(=O)O)[C@@H](O[C@H]6O[C@H](COS(=O)(=O)O)[C@@H](O[C@@H]7O[C@@H](C(=O)O)[C@@H](O[C@H]8O[C@H](COS(=O)(=O)O)[C@@H](O)[C@H](O)[C@H]8NS(=O)(=O)O)[C@H](O)[C@H]7O)[C@H](O)[C@H]6NS(=O)(=O)O)[C@H](O)[C@H]5O)[C@H](O)[C@H]4NS(=O)(=O)O)[C@H](O)[C@H]3O)[C@H](O)[C@H]2NS(=O)(=O)O)[C@H](O)[C@H]1O. The van der Waals surface area contributed by atoms with Gasteiger partial charge in [-0.2, -0.15) is 86.2 Å². The van der Waals surface area contributed by atoms with E-state index in [1.54, 1.807) is 0 Å². The number of hydrogen-bond donors (Lipinski definition) is 30. The Balaban J connectivity index is 1.05. The van der Waals surface area contributed by atoms with Crippen molar-refractivity contribution in [1.29, 1.82) is 0 Å². The average molecular weight is 2090 g/mol. The van der Waals surface area contributed by atoms with Crippen LogP contribution in [-0.2, 0) is 195 Å². The molecule has 8 rings (SSSR count). The maximum atomic E-state index is 13.2. The summed E-state index contributed by atoms with van der Waals surface area (Å²) in [5.74, 6) is -9.31. The summed E-state index contributed by atoms with van der Waals surface area (Å²) < 4.78 is 381. The zero-order chi connectivity index (χ0) is 98.7. The minimum atomic E-state index is -6.01. The van der Waals surface area contributed by atoms with Crippen LogP contribution in [0, 0.1) is 0 Å². The molecule has 0 aliphatic carbocycles. The lowest BCUT2D eigenvalue weighted by atomic mass is 9.94. The predicted molar refractivity (Wildman–Crippen MR) is 385 cm³/mol. The van der Waals surface area contributed by atoms with Gasteiger partial charge in [-0.1, -0.05) is 0 Å². The molecule has 0 radical (unpaired) electrons. The first-order chi connectivity index (χ1) is 60.1. The molecular formula is C53H89N5O65S8. The molecule has 0 aromatic carbocycles. The van der Waals surface area contributed by atoms with Crippen molar-refractivity contribution in [3.8, 4) is 0 Å². The Morgan fingerprint density at radius 2 is 0.481 bits per heavy atom. The van der Waals surface area contributed by atoms with Crippen LogP contribution < -0.4 is 24.6 Å². The van der Waals surface area contributed by atoms with Gasteiger partial charge in [-0.25, -0.2) is 35.9 Å². The molecule has 70 nitrogen and oxygen atoms in total. The Morgan fingerprint density at radius 3 is 0.718 bits per heavy atom. The summed E-state index contributed by atoms with van der Waals surface area (Å²) in [5, 5.41) is 191. The van der Waals surface area contributed by atoms with Crippen LogP contribution in [0.4, 0.5) is 0 Å². The molecule has 0 saturated carbocycles. The third-order valence-electron chi connectivity index (χ3n) is 19.7. The number of aliphatic carboxylic acids is 4. The van der Waals surface area contributed by atoms with Gasteiger partial charge in [0.05, 0.1) is 26.4 Å². The van der Waals surface area contributed by atoms with Crippen LogP contribution in [-0.4, -0.2) is 499 Å². The number of unbranched alkanes of at least 4 members (excludes halogenated alkanes) is 2. The zero-order valence-electron chi connectivity index (χ0n) is 64.8. The van der Waals surface area contributed by atoms with Crippen molar-refractivity contribution < 1.29 is 302 Å². The number of ether oxygens (including phenoxy) is 16. The molecule has 8 fully saturated rings. The van der Waals surface area contributed by atoms with Gasteiger partial charge >= 0.3 is 107 Å². The van der Waals surface area contributed by atoms with Gasteiger partial charge in [-0.15, -0.1) is 0 Å². The van der Waals surface area contributed by atoms with Crippen molar-refractivity contribution in [3.63, 3.8) is 0 Å². The summed E-state index contributed by atoms with van der Waals surface area (Å²) >= 11 is 0. The summed E-state index contributed by atoms with van der Waals surface area (Å²) in [7, 11) is -46.2. The van der Waals surface area contributed by atoms with Crippen LogP contribution in [0.3, 0.4) is 0 Å². The monoisotopic (exact) mass is 2090 g/mol. The van der Waals surface area contributed by atoms with Crippen molar-refractivity contribution in [2.24, 2.45) is 5.73 Å². The van der Waals surface area contributed by atoms with E-state index in [0.29, 0.717) is 12.8 Å². The lowest BCUT2D eigenvalue weighted by Gasteiger charge is -2.50. The standard InChI is InChI=1S/C53H89N5O65S8/c54-4-2-1-3-5-104-50-27(68)23(64)34(38(120-50)42(72)73)117-47-15(56-125(83,84)85)20(61)31(11(110-47)7-106-129(95,96)97)114-52-29(70)25(66)36(40(122-52)44(76)77)119-49-17(58-127(89,90)91)22(63)33(13(112-49)9-108-131(101,102)103)115-53-30(71)26(67)37(41(123-53)45(78)79)118-48-16(57-126(86,87)88)21(62)32(12(111-48)8-107-130(98,99)100)113-51-28(69)24(65)35(39(121-51)43(74)75)116-46-14(55-124(80,81)82)19(60)18(59)10(109-46)6-105-128(92,93)94/h10-41,46-53,55-71H,1-9,54H2,(H,72,73)(H,74,75)(H,76,77)(H,78,79)(H,80,81,82)(H,83,84,85)(H,86,87,88)(H,89,90,91)(H,92,93,94)(H,95,96,97)(H,98,99,100)(H,101,102,103)/t10-,11-,12-,13-,14-,15-,16-,17-,18-,19-,20-,21-,22-,23-,24-,25-,26-,27-,28-,29-,30-,31-,32-,33-,34+,35+,36+,37+,38?,39-,40-,41?,46-,47-,48-,49-,50-,51-,52-,53-/m1/s1. The second-order valence-electron chi connectivity index (χ2n) is 28.9. The molecular weight excluding hydrogens is 2000 g/mol. The fourth-order valence-corrected chi connectivity index (χ4v) is 17.5. The van der Waals surface area contributed by atoms with Crippen molar-refractivity contribution >= 4 is 107 Å². The summed E-state index contributed by atoms with van der Waals surface area (Å²) in [6.07, 6.45) is -100. The van der Waals surface area contributed by atoms with Crippen molar-refractivity contribution in [1.82, 2.24) is 18.9 Å². The fourth-order valence-electron chi connectivity index (χ4n) is 13.9. The van der Waals surface area contributed by atoms with Crippen molar-refractivity contribution in [2.75, 3.05) is 39.6 Å². The molecule has 764 valence electrons. The highest BCUT2D eigenvalue weighted by molar-refractivity contribution is 7.84. The van der Waals surface area contributed by atoms with Crippen LogP contribution in [0.2, 0.25) is 0 Å². The number of rotatable bonds is 44. The van der Waals surface area contributed by atoms with E-state index in [2.05, 4.69) is 16.7 Å². The van der Waals surface area contributed by atoms with E-state index >= 15 is 0 Å². The van der Waals surface area contributed by atoms with E-state index in [1.807, 2.05) is 0 Å². The van der Waals surface area contributed by atoms with E-state index < -0.39 is 379 Å². The number of nitrogens with one attached hydrogen (secondary N) is 4. The van der Waals surface area contributed by atoms with Crippen LogP contribution in [0.15, 0.2) is 0 Å². The maximum Gasteiger partial charge on any atom is 0.397 e. The summed E-state index contributed by atoms with van der Waals surface area (Å²) in [6.45, 7) is -6.98. The number of nitrogens with two attached hydrogens (primary N) is 1. The largest absolute Gasteiger partial charge is 0.479 e. The molecule has 31 N–H and O–H groups in total. The molecule has 8 aliphatic rings. The normalized spacial score (nSPS) is 41.1. The van der Waals surface area contributed by atoms with E-state index in [-0.39, 0.29) is 19.6 Å². The molecule has 78 heteroatoms. The summed E-state index contributed by atoms with van der Waals surface area (Å²) in [5.41, 5.74) is 5.46. The van der Waals surface area contributed by atoms with Crippen LogP contribution in [0.5, 0.6) is 0 Å². The number of carbonyl (C=O) groups is 4. The van der Waals surface area contributed by atoms with Gasteiger partial charge in [0.25, 0.3) is 0 Å². The number of carboxylic acids is 4. The highest BCUT2D eigenvalue weighted by Crippen LogP contribution is 2.41. The van der Waals surface area contributed by atoms with Crippen molar-refractivity contribution in [3.05, 3.63) is 0 Å². The number of aliphatic hydroxyl groups is 13. The predicted octanol–water partition coefficient (Wildman–Crippen LogP) is -20.0. The smallest absolute Gasteiger partial charge is 0.397 e. The van der Waals surface area contributed by atoms with Crippen LogP contribution in [0.1, 0.15) is 19.3 Å². The molecule has 0 amide bonds. The molecule has 0 aromatic heterocycles. The third-order valence-corrected chi connectivity index (χ3v) is 23.7. The van der Waals surface area contributed by atoms with E-state index in [1.165, 1.54) is 18.9 Å². The van der Waals surface area contributed by atoms with Gasteiger partial charge < -0.3 is 168 Å². The molecule has 131 heavy (non-hydrogen) atoms. The molecule has 2 unspecified atom stereocenters. The molecule has 8 saturated heterocycles. The van der Waals surface area contributed by atoms with Crippen LogP contribution in [0.25, 0.3) is 0 Å². The molecule has 8 aliphatic heterocycles. The van der Waals surface area contributed by atoms with Gasteiger partial charge in [0.1, 0.15) is 171 Å². The fraction of sp³-hybridized carbons (Fsp3) is 0.925. The summed E-state index contributed by atoms with van der Waals surface area (Å²) in [4.78, 5) is 51.9. The van der Waals surface area contributed by atoms with E-state index in [4.69, 9.17) is 86.1 Å². The van der Waals surface area contributed by atoms with Gasteiger partial charge in [0.2, 0.25) is 0 Å². The number of hydrogen-bond acceptors (Lipinski definition) is 54. The molecule has 8 heterocycles. The quantitative estimate of drug-likeness (QED) is 0.0199. The zero-order valence-corrected chi connectivity index (χ0v) is 71.3. The summed E-state index contributed by atoms with van der Waals surface area (Å²) in [6, 6.07) is -11.3. The Kier molecular flexibility index (Phi) is 38.3. The topological polar surface area (TPSA) is 1110 Å². The van der Waals surface area contributed by atoms with Gasteiger partial charge in [0, 0.05) is 6.61 Å². The lowest BCUT2D eigenvalue weighted by molar-refractivity contribution is -0.381. The Morgan fingerprint density at radius 1 is 0.260 bits per heavy atom. The van der Waals surface area contributed by atoms with E-state index in [9.17, 15) is 205 Å². The molecule has 0 spiro atoms. The highest BCUT2D eigenvalue weighted by Gasteiger charge is 2.63. The van der Waals surface area contributed by atoms with Gasteiger partial charge in [-0.05, 0) is 25.8 Å². The Hall–Kier alpha value is -4.36. The van der Waals surface area contributed by atoms with Gasteiger partial charge in [0.15, 0.2) is 74.7 Å². The van der Waals surface area contributed by atoms with Crippen LogP contribution >= 0.6 is 0 Å². The van der Waals surface area contributed by atoms with E-state index in [0.717, 1.165) is 0 Å². The Bertz CT molecular complexity index is 4840. The van der Waals surface area contributed by atoms with Crippen molar-refractivity contribution in [2.45, 2.75) is 265 Å². The molecule has 40 atom stereocenters. The second-order valence-corrected chi connectivity index (χ2v) is 38.0. The van der Waals surface area contributed by atoms with Gasteiger partial charge in [-0.3, -0.25) is 36.4 Å². The average Bonchev–Trinajstić information content (AvgIpc) is 0.761. The first-order valence-corrected chi connectivity index (χ1v) is 47.7. The highest BCUT2D eigenvalue weighted by atomic mass is 32.3. The lowest BCUT2D eigenvalue weighted by Crippen LogP contribution is -2.71. The number of carboxylic acid groups (broad SMARTS) is 4. The maximum absolute atomic E-state index is 13.2. The minimum Gasteiger partial charge on any atom is -0.479 e. The molecule has 0 aromatic rings. The number of aliphatic hydroxyl groups excluding tert-OH is 13. The second kappa shape index (κ2) is 44.8.